The molecule has 5 nitrogen and oxygen atoms in total. The lowest BCUT2D eigenvalue weighted by Gasteiger charge is -2.34. The van der Waals surface area contributed by atoms with Crippen LogP contribution in [0.5, 0.6) is 0 Å². The third-order valence-electron chi connectivity index (χ3n) is 4.95. The number of anilines is 2. The van der Waals surface area contributed by atoms with E-state index in [1.165, 1.54) is 0 Å². The summed E-state index contributed by atoms with van der Waals surface area (Å²) in [6, 6.07) is 8.30. The van der Waals surface area contributed by atoms with Crippen LogP contribution in [0, 0.1) is 11.8 Å². The largest absolute Gasteiger partial charge is 0.396 e. The number of carbonyl (C=O) groups is 1. The van der Waals surface area contributed by atoms with Gasteiger partial charge in [-0.3, -0.25) is 4.79 Å². The zero-order valence-corrected chi connectivity index (χ0v) is 15.1. The standard InChI is InChI=1S/C19H31N3O2/c1-14(2)15(3)21-19(24)12-20-17-6-4-5-7-18(17)22-10-8-16(13-23)9-11-22/h4-7,14-16,20,23H,8-13H2,1-3H3,(H,21,24). The van der Waals surface area contributed by atoms with E-state index in [-0.39, 0.29) is 25.1 Å². The third kappa shape index (κ3) is 5.13. The molecule has 1 aromatic rings. The Bertz CT molecular complexity index is 525. The van der Waals surface area contributed by atoms with Crippen molar-refractivity contribution in [3.63, 3.8) is 0 Å². The average molecular weight is 333 g/mol. The highest BCUT2D eigenvalue weighted by molar-refractivity contribution is 5.83. The van der Waals surface area contributed by atoms with Crippen molar-refractivity contribution in [3.05, 3.63) is 24.3 Å². The maximum Gasteiger partial charge on any atom is 0.239 e. The van der Waals surface area contributed by atoms with Crippen molar-refractivity contribution in [3.8, 4) is 0 Å². The van der Waals surface area contributed by atoms with Crippen LogP contribution in [-0.4, -0.2) is 43.3 Å². The zero-order valence-electron chi connectivity index (χ0n) is 15.1. The summed E-state index contributed by atoms with van der Waals surface area (Å²) >= 11 is 0. The van der Waals surface area contributed by atoms with Gasteiger partial charge in [0.25, 0.3) is 0 Å². The van der Waals surface area contributed by atoms with Crippen molar-refractivity contribution in [1.29, 1.82) is 0 Å². The Morgan fingerprint density at radius 2 is 1.92 bits per heavy atom. The molecule has 1 heterocycles. The summed E-state index contributed by atoms with van der Waals surface area (Å²) < 4.78 is 0. The minimum Gasteiger partial charge on any atom is -0.396 e. The Hall–Kier alpha value is -1.75. The lowest BCUT2D eigenvalue weighted by atomic mass is 9.97. The maximum absolute atomic E-state index is 12.1. The first-order valence-corrected chi connectivity index (χ1v) is 8.99. The summed E-state index contributed by atoms with van der Waals surface area (Å²) in [5.41, 5.74) is 2.13. The molecule has 0 saturated carbocycles. The van der Waals surface area contributed by atoms with Crippen LogP contribution >= 0.6 is 0 Å². The number of para-hydroxylation sites is 2. The van der Waals surface area contributed by atoms with Crippen LogP contribution in [0.25, 0.3) is 0 Å². The zero-order chi connectivity index (χ0) is 17.5. The Morgan fingerprint density at radius 3 is 2.54 bits per heavy atom. The number of rotatable bonds is 7. The number of carbonyl (C=O) groups excluding carboxylic acids is 1. The summed E-state index contributed by atoms with van der Waals surface area (Å²) in [5.74, 6) is 0.865. The summed E-state index contributed by atoms with van der Waals surface area (Å²) in [6.07, 6.45) is 2.02. The molecule has 3 N–H and O–H groups in total. The van der Waals surface area contributed by atoms with Crippen molar-refractivity contribution >= 4 is 17.3 Å². The predicted molar refractivity (Wildman–Crippen MR) is 99.4 cm³/mol. The number of nitrogens with one attached hydrogen (secondary N) is 2. The van der Waals surface area contributed by atoms with Crippen molar-refractivity contribution < 1.29 is 9.90 Å². The summed E-state index contributed by atoms with van der Waals surface area (Å²) in [4.78, 5) is 14.4. The van der Waals surface area contributed by atoms with E-state index in [2.05, 4.69) is 35.4 Å². The second kappa shape index (κ2) is 8.92. The van der Waals surface area contributed by atoms with Crippen molar-refractivity contribution in [2.45, 2.75) is 39.7 Å². The Kier molecular flexibility index (Phi) is 6.91. The molecular formula is C19H31N3O2. The first kappa shape index (κ1) is 18.6. The van der Waals surface area contributed by atoms with E-state index in [4.69, 9.17) is 0 Å². The molecule has 134 valence electrons. The molecule has 24 heavy (non-hydrogen) atoms. The minimum atomic E-state index is 0.0185. The van der Waals surface area contributed by atoms with Gasteiger partial charge < -0.3 is 20.6 Å². The van der Waals surface area contributed by atoms with Gasteiger partial charge in [0.15, 0.2) is 0 Å². The molecule has 0 aromatic heterocycles. The topological polar surface area (TPSA) is 64.6 Å². The van der Waals surface area contributed by atoms with Gasteiger partial charge in [-0.15, -0.1) is 0 Å². The van der Waals surface area contributed by atoms with Gasteiger partial charge in [-0.05, 0) is 43.7 Å². The van der Waals surface area contributed by atoms with Crippen LogP contribution in [0.1, 0.15) is 33.6 Å². The number of amides is 1. The molecule has 0 radical (unpaired) electrons. The number of benzene rings is 1. The molecule has 1 fully saturated rings. The monoisotopic (exact) mass is 333 g/mol. The molecule has 0 bridgehead atoms. The highest BCUT2D eigenvalue weighted by Crippen LogP contribution is 2.29. The van der Waals surface area contributed by atoms with Crippen LogP contribution in [0.4, 0.5) is 11.4 Å². The highest BCUT2D eigenvalue weighted by Gasteiger charge is 2.20. The van der Waals surface area contributed by atoms with E-state index in [1.807, 2.05) is 25.1 Å². The third-order valence-corrected chi connectivity index (χ3v) is 4.95. The molecule has 1 saturated heterocycles. The maximum atomic E-state index is 12.1. The predicted octanol–water partition coefficient (Wildman–Crippen LogP) is 2.47. The lowest BCUT2D eigenvalue weighted by Crippen LogP contribution is -2.39. The van der Waals surface area contributed by atoms with Gasteiger partial charge in [0, 0.05) is 25.7 Å². The van der Waals surface area contributed by atoms with E-state index in [0.717, 1.165) is 37.3 Å². The van der Waals surface area contributed by atoms with Crippen molar-refractivity contribution in [1.82, 2.24) is 5.32 Å². The smallest absolute Gasteiger partial charge is 0.239 e. The van der Waals surface area contributed by atoms with Crippen LogP contribution in [0.2, 0.25) is 0 Å². The lowest BCUT2D eigenvalue weighted by molar-refractivity contribution is -0.120. The average Bonchev–Trinajstić information content (AvgIpc) is 2.60. The fourth-order valence-corrected chi connectivity index (χ4v) is 2.90. The van der Waals surface area contributed by atoms with Gasteiger partial charge >= 0.3 is 0 Å². The van der Waals surface area contributed by atoms with Gasteiger partial charge in [-0.25, -0.2) is 0 Å². The number of aliphatic hydroxyl groups is 1. The van der Waals surface area contributed by atoms with Crippen LogP contribution in [-0.2, 0) is 4.79 Å². The SMILES string of the molecule is CC(C)C(C)NC(=O)CNc1ccccc1N1CCC(CO)CC1. The van der Waals surface area contributed by atoms with Crippen molar-refractivity contribution in [2.75, 3.05) is 36.5 Å². The number of hydrogen-bond acceptors (Lipinski definition) is 4. The highest BCUT2D eigenvalue weighted by atomic mass is 16.3. The fourth-order valence-electron chi connectivity index (χ4n) is 2.90. The molecule has 1 unspecified atom stereocenters. The Balaban J connectivity index is 1.93. The molecular weight excluding hydrogens is 302 g/mol. The van der Waals surface area contributed by atoms with Gasteiger partial charge in [0.1, 0.15) is 0 Å². The van der Waals surface area contributed by atoms with Crippen LogP contribution < -0.4 is 15.5 Å². The summed E-state index contributed by atoms with van der Waals surface area (Å²) in [5, 5.41) is 15.6. The molecule has 0 aliphatic carbocycles. The molecule has 2 rings (SSSR count). The molecule has 1 aliphatic rings. The molecule has 5 heteroatoms. The van der Waals surface area contributed by atoms with Crippen molar-refractivity contribution in [2.24, 2.45) is 11.8 Å². The number of hydrogen-bond donors (Lipinski definition) is 3. The van der Waals surface area contributed by atoms with Gasteiger partial charge in [0.05, 0.1) is 17.9 Å². The Morgan fingerprint density at radius 1 is 1.25 bits per heavy atom. The molecule has 1 atom stereocenters. The van der Waals surface area contributed by atoms with E-state index in [9.17, 15) is 9.90 Å². The van der Waals surface area contributed by atoms with E-state index in [1.54, 1.807) is 0 Å². The molecule has 1 aliphatic heterocycles. The first-order chi connectivity index (χ1) is 11.5. The van der Waals surface area contributed by atoms with Gasteiger partial charge in [-0.2, -0.15) is 0 Å². The van der Waals surface area contributed by atoms with E-state index < -0.39 is 0 Å². The minimum absolute atomic E-state index is 0.0185. The quantitative estimate of drug-likeness (QED) is 0.717. The van der Waals surface area contributed by atoms with Crippen LogP contribution in [0.15, 0.2) is 24.3 Å². The van der Waals surface area contributed by atoms with Gasteiger partial charge in [-0.1, -0.05) is 26.0 Å². The summed E-state index contributed by atoms with van der Waals surface area (Å²) in [7, 11) is 0. The number of nitrogens with zero attached hydrogens (tertiary/aromatic N) is 1. The second-order valence-corrected chi connectivity index (χ2v) is 7.08. The fraction of sp³-hybridized carbons (Fsp3) is 0.632. The Labute approximate surface area is 145 Å². The van der Waals surface area contributed by atoms with E-state index in [0.29, 0.717) is 11.8 Å². The van der Waals surface area contributed by atoms with E-state index >= 15 is 0 Å². The summed E-state index contributed by atoms with van der Waals surface area (Å²) in [6.45, 7) is 8.68. The first-order valence-electron chi connectivity index (χ1n) is 8.99. The number of piperidine rings is 1. The van der Waals surface area contributed by atoms with Gasteiger partial charge in [0.2, 0.25) is 5.91 Å². The number of aliphatic hydroxyl groups excluding tert-OH is 1. The van der Waals surface area contributed by atoms with Crippen LogP contribution in [0.3, 0.4) is 0 Å². The normalized spacial score (nSPS) is 17.0. The molecule has 1 amide bonds. The second-order valence-electron chi connectivity index (χ2n) is 7.08. The molecule has 1 aromatic carbocycles. The molecule has 0 spiro atoms.